The van der Waals surface area contributed by atoms with Gasteiger partial charge in [0.2, 0.25) is 5.91 Å². The second kappa shape index (κ2) is 64.7. The lowest BCUT2D eigenvalue weighted by Gasteiger charge is -2.25. The quantitative estimate of drug-likeness (QED) is 0.0243. The van der Waals surface area contributed by atoms with Gasteiger partial charge in [-0.3, -0.25) is 13.8 Å². The molecule has 3 unspecified atom stereocenters. The number of allylic oxidation sites excluding steroid dienone is 1. The third kappa shape index (κ3) is 66.8. The van der Waals surface area contributed by atoms with Crippen molar-refractivity contribution in [3.05, 3.63) is 12.2 Å². The Morgan fingerprint density at radius 3 is 0.902 bits per heavy atom. The Morgan fingerprint density at radius 1 is 0.402 bits per heavy atom. The largest absolute Gasteiger partial charge is 0.472 e. The molecule has 0 bridgehead atoms. The lowest BCUT2D eigenvalue weighted by atomic mass is 10.0. The zero-order valence-electron chi connectivity index (χ0n) is 56.3. The van der Waals surface area contributed by atoms with Crippen LogP contribution in [0.5, 0.6) is 0 Å². The van der Waals surface area contributed by atoms with Crippen LogP contribution in [0.3, 0.4) is 0 Å². The number of aliphatic hydroxyl groups is 1. The number of phosphoric ester groups is 1. The normalized spacial score (nSPS) is 13.6. The molecule has 0 aliphatic rings. The average Bonchev–Trinajstić information content (AvgIpc) is 3.47. The first kappa shape index (κ1) is 81.2. The molecular formula is C73H148N2O6P+. The first-order valence-corrected chi connectivity index (χ1v) is 38.6. The molecule has 0 aromatic carbocycles. The fraction of sp³-hybridized carbons (Fsp3) is 0.959. The van der Waals surface area contributed by atoms with Crippen LogP contribution in [-0.2, 0) is 18.4 Å². The van der Waals surface area contributed by atoms with Gasteiger partial charge >= 0.3 is 7.82 Å². The summed E-state index contributed by atoms with van der Waals surface area (Å²) < 4.78 is 23.8. The summed E-state index contributed by atoms with van der Waals surface area (Å²) in [6.45, 7) is 4.89. The van der Waals surface area contributed by atoms with Gasteiger partial charge in [0.15, 0.2) is 0 Å². The fourth-order valence-electron chi connectivity index (χ4n) is 11.8. The van der Waals surface area contributed by atoms with Gasteiger partial charge in [-0.05, 0) is 19.3 Å². The van der Waals surface area contributed by atoms with E-state index in [-0.39, 0.29) is 19.1 Å². The zero-order valence-corrected chi connectivity index (χ0v) is 57.2. The van der Waals surface area contributed by atoms with Gasteiger partial charge in [-0.1, -0.05) is 386 Å². The second-order valence-electron chi connectivity index (χ2n) is 27.0. The van der Waals surface area contributed by atoms with Crippen molar-refractivity contribution in [1.82, 2.24) is 5.32 Å². The summed E-state index contributed by atoms with van der Waals surface area (Å²) in [4.78, 5) is 23.4. The Balaban J connectivity index is 3.96. The van der Waals surface area contributed by atoms with Crippen molar-refractivity contribution in [3.8, 4) is 0 Å². The number of nitrogens with zero attached hydrogens (tertiary/aromatic N) is 1. The van der Waals surface area contributed by atoms with Crippen LogP contribution < -0.4 is 5.32 Å². The first-order chi connectivity index (χ1) is 40.0. The molecule has 8 nitrogen and oxygen atoms in total. The minimum atomic E-state index is -4.35. The highest BCUT2D eigenvalue weighted by atomic mass is 31.2. The molecule has 0 aromatic heterocycles. The van der Waals surface area contributed by atoms with E-state index < -0.39 is 20.0 Å². The summed E-state index contributed by atoms with van der Waals surface area (Å²) in [7, 11) is 1.60. The molecule has 0 heterocycles. The lowest BCUT2D eigenvalue weighted by Crippen LogP contribution is -2.45. The number of phosphoric acid groups is 1. The number of hydrogen-bond donors (Lipinski definition) is 3. The van der Waals surface area contributed by atoms with E-state index in [1.807, 2.05) is 27.2 Å². The smallest absolute Gasteiger partial charge is 0.387 e. The van der Waals surface area contributed by atoms with Crippen LogP contribution in [0.1, 0.15) is 399 Å². The van der Waals surface area contributed by atoms with E-state index in [0.29, 0.717) is 17.4 Å². The number of aliphatic hydroxyl groups excluding tert-OH is 1. The van der Waals surface area contributed by atoms with Crippen molar-refractivity contribution in [2.24, 2.45) is 0 Å². The standard InChI is InChI=1S/C73H147N2O6P/c1-6-8-10-12-14-16-18-20-22-24-26-28-30-32-33-34-35-36-37-38-39-40-41-43-45-47-49-51-53-55-57-59-61-63-65-67-73(77)74-71(70-81-82(78,79)80-69-68-75(3,4)5)72(76)66-64-62-60-58-56-54-52-50-48-46-44-42-31-29-27-25-23-21-19-17-15-13-11-9-7-2/h64,66,71-72,76H,6-63,65,67-70H2,1-5H3,(H-,74,77,78,79)/p+1/b66-64+. The number of nitrogens with one attached hydrogen (secondary N) is 1. The van der Waals surface area contributed by atoms with Crippen molar-refractivity contribution in [3.63, 3.8) is 0 Å². The van der Waals surface area contributed by atoms with Crippen LogP contribution in [0, 0.1) is 0 Å². The topological polar surface area (TPSA) is 105 Å². The van der Waals surface area contributed by atoms with Crippen LogP contribution in [0.2, 0.25) is 0 Å². The maximum atomic E-state index is 13.1. The highest BCUT2D eigenvalue weighted by Gasteiger charge is 2.28. The number of amides is 1. The third-order valence-corrected chi connectivity index (χ3v) is 18.5. The number of likely N-dealkylation sites (N-methyl/N-ethyl adjacent to an activating group) is 1. The molecule has 1 amide bonds. The first-order valence-electron chi connectivity index (χ1n) is 37.1. The van der Waals surface area contributed by atoms with Gasteiger partial charge in [-0.25, -0.2) is 4.57 Å². The molecule has 3 N–H and O–H groups in total. The van der Waals surface area contributed by atoms with Gasteiger partial charge < -0.3 is 19.8 Å². The van der Waals surface area contributed by atoms with Gasteiger partial charge in [0.25, 0.3) is 0 Å². The Kier molecular flexibility index (Phi) is 64.1. The monoisotopic (exact) mass is 1180 g/mol. The molecule has 0 aliphatic heterocycles. The van der Waals surface area contributed by atoms with Crippen LogP contribution in [0.15, 0.2) is 12.2 Å². The number of unbranched alkanes of at least 4 members (excludes halogenated alkanes) is 57. The molecule has 0 aromatic rings. The maximum absolute atomic E-state index is 13.1. The van der Waals surface area contributed by atoms with E-state index in [4.69, 9.17) is 9.05 Å². The van der Waals surface area contributed by atoms with E-state index in [1.165, 1.54) is 347 Å². The second-order valence-corrected chi connectivity index (χ2v) is 28.5. The Morgan fingerprint density at radius 2 is 0.646 bits per heavy atom. The summed E-state index contributed by atoms with van der Waals surface area (Å²) in [6.07, 6.45) is 83.8. The summed E-state index contributed by atoms with van der Waals surface area (Å²) >= 11 is 0. The Labute approximate surface area is 513 Å². The molecule has 0 fully saturated rings. The van der Waals surface area contributed by atoms with Gasteiger partial charge in [0, 0.05) is 6.42 Å². The Bertz CT molecular complexity index is 1340. The molecule has 0 saturated heterocycles. The minimum Gasteiger partial charge on any atom is -0.387 e. The maximum Gasteiger partial charge on any atom is 0.472 e. The predicted octanol–water partition coefficient (Wildman–Crippen LogP) is 23.7. The molecule has 0 aliphatic carbocycles. The van der Waals surface area contributed by atoms with Crippen molar-refractivity contribution in [1.29, 1.82) is 0 Å². The predicted molar refractivity (Wildman–Crippen MR) is 360 cm³/mol. The van der Waals surface area contributed by atoms with Crippen LogP contribution >= 0.6 is 7.82 Å². The van der Waals surface area contributed by atoms with Crippen LogP contribution in [0.4, 0.5) is 0 Å². The number of quaternary nitrogens is 1. The molecule has 0 radical (unpaired) electrons. The fourth-order valence-corrected chi connectivity index (χ4v) is 12.5. The van der Waals surface area contributed by atoms with Gasteiger partial charge in [0.1, 0.15) is 13.2 Å². The van der Waals surface area contributed by atoms with Crippen molar-refractivity contribution in [2.45, 2.75) is 411 Å². The number of carbonyl (C=O) groups is 1. The molecule has 9 heteroatoms. The molecule has 0 spiro atoms. The zero-order chi connectivity index (χ0) is 59.8. The summed E-state index contributed by atoms with van der Waals surface area (Å²) in [6, 6.07) is -0.844. The van der Waals surface area contributed by atoms with Crippen molar-refractivity contribution in [2.75, 3.05) is 40.9 Å². The molecule has 3 atom stereocenters. The van der Waals surface area contributed by atoms with E-state index >= 15 is 0 Å². The summed E-state index contributed by atoms with van der Waals surface area (Å²) in [5.41, 5.74) is 0. The molecular weight excluding hydrogens is 1030 g/mol. The number of hydrogen-bond acceptors (Lipinski definition) is 5. The summed E-state index contributed by atoms with van der Waals surface area (Å²) in [5, 5.41) is 14.0. The molecule has 0 saturated carbocycles. The van der Waals surface area contributed by atoms with E-state index in [1.54, 1.807) is 6.08 Å². The van der Waals surface area contributed by atoms with Gasteiger partial charge in [0.05, 0.1) is 39.9 Å². The number of rotatable bonds is 70. The van der Waals surface area contributed by atoms with E-state index in [0.717, 1.165) is 32.1 Å². The van der Waals surface area contributed by atoms with Crippen LogP contribution in [0.25, 0.3) is 0 Å². The van der Waals surface area contributed by atoms with Crippen molar-refractivity contribution < 1.29 is 32.9 Å². The molecule has 0 rings (SSSR count). The highest BCUT2D eigenvalue weighted by molar-refractivity contribution is 7.47. The van der Waals surface area contributed by atoms with Crippen molar-refractivity contribution >= 4 is 13.7 Å². The minimum absolute atomic E-state index is 0.0656. The highest BCUT2D eigenvalue weighted by Crippen LogP contribution is 2.43. The van der Waals surface area contributed by atoms with Crippen LogP contribution in [-0.4, -0.2) is 73.4 Å². The lowest BCUT2D eigenvalue weighted by molar-refractivity contribution is -0.870. The van der Waals surface area contributed by atoms with E-state index in [2.05, 4.69) is 19.2 Å². The summed E-state index contributed by atoms with van der Waals surface area (Å²) in [5.74, 6) is -0.166. The average molecular weight is 1180 g/mol. The molecule has 82 heavy (non-hydrogen) atoms. The van der Waals surface area contributed by atoms with Gasteiger partial charge in [-0.2, -0.15) is 0 Å². The van der Waals surface area contributed by atoms with Gasteiger partial charge in [-0.15, -0.1) is 0 Å². The van der Waals surface area contributed by atoms with E-state index in [9.17, 15) is 19.4 Å². The Hall–Kier alpha value is -0.760. The third-order valence-electron chi connectivity index (χ3n) is 17.5. The number of carbonyl (C=O) groups excluding carboxylic acids is 1. The SMILES string of the molecule is CCCCCCCCCCCCCCCCCCCCCCCCC/C=C/C(O)C(COP(=O)(O)OCC[N+](C)(C)C)NC(=O)CCCCCCCCCCCCCCCCCCCCCCCCCCCCCCCCCCCCC. The molecule has 490 valence electrons.